The van der Waals surface area contributed by atoms with Gasteiger partial charge in [0.15, 0.2) is 6.61 Å². The van der Waals surface area contributed by atoms with E-state index in [9.17, 15) is 24.0 Å². The second-order valence-electron chi connectivity index (χ2n) is 11.5. The number of amides is 5. The zero-order valence-corrected chi connectivity index (χ0v) is 24.3. The maximum Gasteiger partial charge on any atom is 0.258 e. The van der Waals surface area contributed by atoms with Crippen LogP contribution in [0.3, 0.4) is 0 Å². The van der Waals surface area contributed by atoms with Gasteiger partial charge in [0, 0.05) is 26.1 Å². The van der Waals surface area contributed by atoms with Gasteiger partial charge in [0.05, 0.1) is 0 Å². The van der Waals surface area contributed by atoms with Crippen LogP contribution in [0.5, 0.6) is 5.75 Å². The molecule has 0 saturated carbocycles. The Bertz CT molecular complexity index is 1200. The van der Waals surface area contributed by atoms with E-state index in [1.54, 1.807) is 36.1 Å². The summed E-state index contributed by atoms with van der Waals surface area (Å²) >= 11 is 0. The van der Waals surface area contributed by atoms with Gasteiger partial charge in [-0.3, -0.25) is 24.0 Å². The minimum absolute atomic E-state index is 0.198. The third-order valence-electron chi connectivity index (χ3n) is 7.94. The minimum Gasteiger partial charge on any atom is -0.484 e. The molecule has 5 amide bonds. The molecule has 0 aliphatic carbocycles. The fourth-order valence-electron chi connectivity index (χ4n) is 5.38. The summed E-state index contributed by atoms with van der Waals surface area (Å²) in [5.41, 5.74) is 2.02. The first kappa shape index (κ1) is 30.1. The Kier molecular flexibility index (Phi) is 9.67. The molecule has 41 heavy (non-hydrogen) atoms. The van der Waals surface area contributed by atoms with Crippen LogP contribution in [0.15, 0.2) is 35.9 Å². The van der Waals surface area contributed by atoms with E-state index < -0.39 is 41.9 Å². The molecule has 0 aromatic heterocycles. The second kappa shape index (κ2) is 13.2. The van der Waals surface area contributed by atoms with Crippen molar-refractivity contribution >= 4 is 29.5 Å². The quantitative estimate of drug-likeness (QED) is 0.455. The van der Waals surface area contributed by atoms with Crippen molar-refractivity contribution in [2.24, 2.45) is 5.92 Å². The van der Waals surface area contributed by atoms with E-state index >= 15 is 0 Å². The molecular formula is C30H41N5O6. The summed E-state index contributed by atoms with van der Waals surface area (Å²) in [4.78, 5) is 69.5. The Morgan fingerprint density at radius 1 is 1.00 bits per heavy atom. The maximum atomic E-state index is 13.5. The van der Waals surface area contributed by atoms with Gasteiger partial charge in [-0.2, -0.15) is 0 Å². The lowest BCUT2D eigenvalue weighted by Crippen LogP contribution is -2.58. The number of hydrogen-bond acceptors (Lipinski definition) is 6. The number of benzene rings is 1. The lowest BCUT2D eigenvalue weighted by molar-refractivity contribution is -0.143. The molecule has 4 aliphatic rings. The number of rotatable bonds is 2. The number of nitrogens with zero attached hydrogens (tertiary/aromatic N) is 2. The zero-order chi connectivity index (χ0) is 29.7. The van der Waals surface area contributed by atoms with Gasteiger partial charge in [-0.1, -0.05) is 37.6 Å². The van der Waals surface area contributed by atoms with E-state index in [-0.39, 0.29) is 30.8 Å². The molecule has 4 aliphatic heterocycles. The summed E-state index contributed by atoms with van der Waals surface area (Å²) in [7, 11) is 0. The van der Waals surface area contributed by atoms with Crippen molar-refractivity contribution in [2.75, 3.05) is 26.2 Å². The van der Waals surface area contributed by atoms with E-state index in [4.69, 9.17) is 4.74 Å². The number of nitrogens with one attached hydrogen (secondary N) is 3. The molecule has 1 aromatic carbocycles. The Balaban J connectivity index is 1.60. The predicted molar refractivity (Wildman–Crippen MR) is 152 cm³/mol. The molecule has 4 atom stereocenters. The molecule has 2 bridgehead atoms. The Hall–Kier alpha value is -3.89. The van der Waals surface area contributed by atoms with Gasteiger partial charge >= 0.3 is 0 Å². The molecule has 0 spiro atoms. The highest BCUT2D eigenvalue weighted by molar-refractivity contribution is 5.96. The topological polar surface area (TPSA) is 137 Å². The normalized spacial score (nSPS) is 26.6. The highest BCUT2D eigenvalue weighted by Crippen LogP contribution is 2.21. The van der Waals surface area contributed by atoms with Crippen molar-refractivity contribution < 1.29 is 28.7 Å². The van der Waals surface area contributed by atoms with Gasteiger partial charge in [-0.25, -0.2) is 0 Å². The van der Waals surface area contributed by atoms with E-state index in [1.165, 1.54) is 10.5 Å². The highest BCUT2D eigenvalue weighted by atomic mass is 16.5. The van der Waals surface area contributed by atoms with Gasteiger partial charge in [-0.05, 0) is 56.7 Å². The Morgan fingerprint density at radius 3 is 2.39 bits per heavy atom. The summed E-state index contributed by atoms with van der Waals surface area (Å²) in [6, 6.07) is 3.62. The molecule has 0 radical (unpaired) electrons. The Labute approximate surface area is 241 Å². The van der Waals surface area contributed by atoms with Crippen LogP contribution in [0.25, 0.3) is 0 Å². The number of carbonyl (C=O) groups is 5. The fraction of sp³-hybridized carbons (Fsp3) is 0.567. The van der Waals surface area contributed by atoms with Crippen LogP contribution in [0.1, 0.15) is 52.5 Å². The molecule has 0 unspecified atom stereocenters. The fourth-order valence-corrected chi connectivity index (χ4v) is 5.38. The van der Waals surface area contributed by atoms with Crippen LogP contribution < -0.4 is 20.7 Å². The Morgan fingerprint density at radius 2 is 1.73 bits per heavy atom. The number of fused-ring (bicyclic) bond motifs is 13. The molecule has 222 valence electrons. The van der Waals surface area contributed by atoms with Crippen LogP contribution in [0.2, 0.25) is 0 Å². The van der Waals surface area contributed by atoms with Gasteiger partial charge in [0.1, 0.15) is 29.9 Å². The maximum absolute atomic E-state index is 13.5. The average molecular weight is 568 g/mol. The third kappa shape index (κ3) is 7.45. The van der Waals surface area contributed by atoms with E-state index in [2.05, 4.69) is 16.0 Å². The minimum atomic E-state index is -0.933. The van der Waals surface area contributed by atoms with Crippen molar-refractivity contribution in [1.29, 1.82) is 0 Å². The first-order valence-electron chi connectivity index (χ1n) is 14.4. The first-order valence-corrected chi connectivity index (χ1v) is 14.4. The summed E-state index contributed by atoms with van der Waals surface area (Å²) in [6.45, 7) is 8.38. The third-order valence-corrected chi connectivity index (χ3v) is 7.94. The standard InChI is InChI=1S/C30H41N5O6/c1-18(2)26-30(40)35-13-5-6-24(35)28(38)31-20(4)27(37)32-23(29(39)34-14-11-19(3)12-15-34)16-21-7-9-22(10-8-21)41-17-25(36)33-26/h7-11,18,20,23-24,26H,5-6,12-17H2,1-4H3,(H,31,38)(H,32,37)(H,33,36)/t20-,23-,24-,26+/m0/s1. The number of ether oxygens (including phenoxy) is 1. The van der Waals surface area contributed by atoms with Crippen molar-refractivity contribution in [1.82, 2.24) is 25.8 Å². The van der Waals surface area contributed by atoms with Crippen LogP contribution in [-0.4, -0.2) is 89.7 Å². The van der Waals surface area contributed by atoms with Crippen LogP contribution in [0.4, 0.5) is 0 Å². The van der Waals surface area contributed by atoms with Crippen molar-refractivity contribution in [3.8, 4) is 5.75 Å². The van der Waals surface area contributed by atoms with Crippen molar-refractivity contribution in [3.63, 3.8) is 0 Å². The molecule has 11 heteroatoms. The van der Waals surface area contributed by atoms with Gasteiger partial charge in [-0.15, -0.1) is 0 Å². The van der Waals surface area contributed by atoms with Gasteiger partial charge < -0.3 is 30.5 Å². The van der Waals surface area contributed by atoms with Crippen molar-refractivity contribution in [3.05, 3.63) is 41.5 Å². The lowest BCUT2D eigenvalue weighted by Gasteiger charge is -2.31. The molecule has 5 rings (SSSR count). The molecule has 4 heterocycles. The molecule has 3 N–H and O–H groups in total. The number of carbonyl (C=O) groups excluding carboxylic acids is 5. The SMILES string of the molecule is CC1=CCN(C(=O)[C@@H]2Cc3ccc(cc3)OCC(=O)N[C@H](C(C)C)C(=O)N3CCC[C@H]3C(=O)N[C@@H](C)C(=O)N2)CC1. The van der Waals surface area contributed by atoms with Crippen LogP contribution in [0, 0.1) is 5.92 Å². The largest absolute Gasteiger partial charge is 0.484 e. The van der Waals surface area contributed by atoms with E-state index in [1.807, 2.05) is 26.8 Å². The summed E-state index contributed by atoms with van der Waals surface area (Å²) in [5.74, 6) is -1.68. The lowest BCUT2D eigenvalue weighted by atomic mass is 10.0. The molecule has 11 nitrogen and oxygen atoms in total. The molecular weight excluding hydrogens is 526 g/mol. The van der Waals surface area contributed by atoms with Gasteiger partial charge in [0.2, 0.25) is 23.6 Å². The van der Waals surface area contributed by atoms with E-state index in [0.717, 1.165) is 12.0 Å². The smallest absolute Gasteiger partial charge is 0.258 e. The van der Waals surface area contributed by atoms with Crippen LogP contribution in [-0.2, 0) is 30.4 Å². The highest BCUT2D eigenvalue weighted by Gasteiger charge is 2.39. The summed E-state index contributed by atoms with van der Waals surface area (Å²) < 4.78 is 5.66. The molecule has 1 saturated heterocycles. The van der Waals surface area contributed by atoms with Crippen molar-refractivity contribution in [2.45, 2.75) is 77.5 Å². The van der Waals surface area contributed by atoms with Gasteiger partial charge in [0.25, 0.3) is 5.91 Å². The summed E-state index contributed by atoms with van der Waals surface area (Å²) in [5, 5.41) is 8.37. The van der Waals surface area contributed by atoms with Crippen LogP contribution >= 0.6 is 0 Å². The molecule has 1 fully saturated rings. The monoisotopic (exact) mass is 567 g/mol. The first-order chi connectivity index (χ1) is 19.5. The second-order valence-corrected chi connectivity index (χ2v) is 11.5. The summed E-state index contributed by atoms with van der Waals surface area (Å²) in [6.07, 6.45) is 4.10. The predicted octanol–water partition coefficient (Wildman–Crippen LogP) is 0.921. The molecule has 1 aromatic rings. The average Bonchev–Trinajstić information content (AvgIpc) is 3.44. The van der Waals surface area contributed by atoms with E-state index in [0.29, 0.717) is 38.2 Å². The zero-order valence-electron chi connectivity index (χ0n) is 24.3. The number of hydrogen-bond donors (Lipinski definition) is 3.